The lowest BCUT2D eigenvalue weighted by Gasteiger charge is -2.29. The summed E-state index contributed by atoms with van der Waals surface area (Å²) in [6.07, 6.45) is 1.87. The second kappa shape index (κ2) is 8.67. The molecule has 0 aliphatic carbocycles. The molecule has 3 aromatic rings. The molecule has 0 saturated carbocycles. The molecule has 4 heteroatoms. The zero-order valence-corrected chi connectivity index (χ0v) is 16.3. The first-order chi connectivity index (χ1) is 13.0. The molecule has 0 aliphatic rings. The Hall–Kier alpha value is -2.88. The van der Waals surface area contributed by atoms with Crippen molar-refractivity contribution < 1.29 is 4.79 Å². The molecular formula is C23H27N3O. The van der Waals surface area contributed by atoms with E-state index in [4.69, 9.17) is 0 Å². The zero-order chi connectivity index (χ0) is 19.2. The van der Waals surface area contributed by atoms with Crippen LogP contribution >= 0.6 is 0 Å². The molecule has 3 rings (SSSR count). The number of amides is 1. The van der Waals surface area contributed by atoms with Crippen molar-refractivity contribution in [2.45, 2.75) is 39.3 Å². The highest BCUT2D eigenvalue weighted by Gasteiger charge is 2.24. The number of rotatable bonds is 7. The molecule has 1 heterocycles. The number of hydrogen-bond donors (Lipinski definition) is 0. The van der Waals surface area contributed by atoms with Gasteiger partial charge in [0.15, 0.2) is 0 Å². The maximum absolute atomic E-state index is 13.3. The average Bonchev–Trinajstić information content (AvgIpc) is 3.03. The van der Waals surface area contributed by atoms with E-state index in [2.05, 4.69) is 48.4 Å². The lowest BCUT2D eigenvalue weighted by atomic mass is 10.0. The van der Waals surface area contributed by atoms with Crippen LogP contribution in [0.2, 0.25) is 0 Å². The lowest BCUT2D eigenvalue weighted by molar-refractivity contribution is 0.0656. The summed E-state index contributed by atoms with van der Waals surface area (Å²) < 4.78 is 1.68. The molecule has 27 heavy (non-hydrogen) atoms. The Kier molecular flexibility index (Phi) is 6.07. The van der Waals surface area contributed by atoms with Crippen molar-refractivity contribution in [2.75, 3.05) is 0 Å². The van der Waals surface area contributed by atoms with Crippen LogP contribution in [0.1, 0.15) is 40.7 Å². The molecule has 4 nitrogen and oxygen atoms in total. The van der Waals surface area contributed by atoms with Gasteiger partial charge in [-0.3, -0.25) is 9.48 Å². The minimum atomic E-state index is 0.0301. The number of carbonyl (C=O) groups is 1. The van der Waals surface area contributed by atoms with Crippen LogP contribution in [0, 0.1) is 6.92 Å². The fourth-order valence-electron chi connectivity index (χ4n) is 3.34. The Balaban J connectivity index is 1.80. The van der Waals surface area contributed by atoms with E-state index in [0.717, 1.165) is 24.1 Å². The van der Waals surface area contributed by atoms with E-state index in [1.165, 1.54) is 5.56 Å². The quantitative estimate of drug-likeness (QED) is 0.626. The highest BCUT2D eigenvalue weighted by Crippen LogP contribution is 2.17. The van der Waals surface area contributed by atoms with Gasteiger partial charge in [-0.05, 0) is 43.9 Å². The third-order valence-electron chi connectivity index (χ3n) is 4.90. The Morgan fingerprint density at radius 2 is 1.63 bits per heavy atom. The molecule has 1 atom stereocenters. The van der Waals surface area contributed by atoms with Gasteiger partial charge in [-0.15, -0.1) is 0 Å². The number of hydrogen-bond acceptors (Lipinski definition) is 2. The van der Waals surface area contributed by atoms with E-state index < -0.39 is 0 Å². The molecule has 140 valence electrons. The minimum Gasteiger partial charge on any atom is -0.330 e. The monoisotopic (exact) mass is 361 g/mol. The molecule has 0 aliphatic heterocycles. The first-order valence-electron chi connectivity index (χ1n) is 9.44. The van der Waals surface area contributed by atoms with Crippen molar-refractivity contribution in [1.82, 2.24) is 14.7 Å². The number of nitrogens with zero attached hydrogens (tertiary/aromatic N) is 3. The predicted molar refractivity (Wildman–Crippen MR) is 108 cm³/mol. The normalized spacial score (nSPS) is 12.0. The van der Waals surface area contributed by atoms with Crippen molar-refractivity contribution in [3.8, 4) is 0 Å². The van der Waals surface area contributed by atoms with Crippen molar-refractivity contribution >= 4 is 5.91 Å². The summed E-state index contributed by atoms with van der Waals surface area (Å²) in [5.74, 6) is 0.0301. The Morgan fingerprint density at radius 1 is 1.04 bits per heavy atom. The summed E-state index contributed by atoms with van der Waals surface area (Å²) in [5, 5.41) is 4.34. The van der Waals surface area contributed by atoms with E-state index in [9.17, 15) is 4.79 Å². The lowest BCUT2D eigenvalue weighted by Crippen LogP contribution is -2.39. The molecule has 0 spiro atoms. The van der Waals surface area contributed by atoms with Gasteiger partial charge in [-0.1, -0.05) is 60.7 Å². The second-order valence-electron chi connectivity index (χ2n) is 7.09. The van der Waals surface area contributed by atoms with Crippen LogP contribution in [0.15, 0.2) is 66.7 Å². The summed E-state index contributed by atoms with van der Waals surface area (Å²) in [5.41, 5.74) is 3.93. The van der Waals surface area contributed by atoms with E-state index in [1.54, 1.807) is 4.68 Å². The minimum absolute atomic E-state index is 0.0301. The van der Waals surface area contributed by atoms with Gasteiger partial charge in [-0.25, -0.2) is 0 Å². The first kappa shape index (κ1) is 18.9. The van der Waals surface area contributed by atoms with Crippen LogP contribution in [0.25, 0.3) is 0 Å². The Bertz CT molecular complexity index is 871. The fraction of sp³-hybridized carbons (Fsp3) is 0.304. The van der Waals surface area contributed by atoms with Crippen molar-refractivity contribution in [2.24, 2.45) is 7.05 Å². The van der Waals surface area contributed by atoms with Crippen molar-refractivity contribution in [1.29, 1.82) is 0 Å². The Labute approximate surface area is 161 Å². The second-order valence-corrected chi connectivity index (χ2v) is 7.09. The molecule has 1 amide bonds. The van der Waals surface area contributed by atoms with Crippen LogP contribution in [-0.4, -0.2) is 26.6 Å². The van der Waals surface area contributed by atoms with E-state index in [1.807, 2.05) is 49.2 Å². The van der Waals surface area contributed by atoms with Gasteiger partial charge in [-0.2, -0.15) is 5.10 Å². The molecular weight excluding hydrogens is 334 g/mol. The maximum Gasteiger partial charge on any atom is 0.272 e. The number of benzene rings is 2. The highest BCUT2D eigenvalue weighted by molar-refractivity contribution is 5.92. The number of aryl methyl sites for hydroxylation is 3. The molecule has 0 N–H and O–H groups in total. The van der Waals surface area contributed by atoms with Gasteiger partial charge >= 0.3 is 0 Å². The zero-order valence-electron chi connectivity index (χ0n) is 16.3. The van der Waals surface area contributed by atoms with E-state index >= 15 is 0 Å². The molecule has 0 radical (unpaired) electrons. The summed E-state index contributed by atoms with van der Waals surface area (Å²) >= 11 is 0. The predicted octanol–water partition coefficient (Wildman–Crippen LogP) is 4.39. The van der Waals surface area contributed by atoms with Crippen LogP contribution in [0.4, 0.5) is 0 Å². The van der Waals surface area contributed by atoms with E-state index in [0.29, 0.717) is 12.2 Å². The molecule has 2 aromatic carbocycles. The van der Waals surface area contributed by atoms with Gasteiger partial charge in [0.1, 0.15) is 5.69 Å². The average molecular weight is 361 g/mol. The fourth-order valence-corrected chi connectivity index (χ4v) is 3.34. The third kappa shape index (κ3) is 4.85. The van der Waals surface area contributed by atoms with Gasteiger partial charge in [0, 0.05) is 19.6 Å². The third-order valence-corrected chi connectivity index (χ3v) is 4.90. The van der Waals surface area contributed by atoms with Crippen LogP contribution in [-0.2, 0) is 20.0 Å². The standard InChI is InChI=1S/C23H27N3O/c1-18-16-22(25(3)24-18)23(27)26(17-21-12-8-5-9-13-21)19(2)14-15-20-10-6-4-7-11-20/h4-13,16,19H,14-15,17H2,1-3H3/t19-/m1/s1. The summed E-state index contributed by atoms with van der Waals surface area (Å²) in [6.45, 7) is 4.64. The van der Waals surface area contributed by atoms with Gasteiger partial charge in [0.25, 0.3) is 5.91 Å². The van der Waals surface area contributed by atoms with Crippen LogP contribution in [0.5, 0.6) is 0 Å². The molecule has 1 aromatic heterocycles. The molecule has 0 saturated heterocycles. The van der Waals surface area contributed by atoms with Gasteiger partial charge in [0.2, 0.25) is 0 Å². The van der Waals surface area contributed by atoms with Crippen molar-refractivity contribution in [3.63, 3.8) is 0 Å². The topological polar surface area (TPSA) is 38.1 Å². The number of carbonyl (C=O) groups excluding carboxylic acids is 1. The van der Waals surface area contributed by atoms with E-state index in [-0.39, 0.29) is 11.9 Å². The SMILES string of the molecule is Cc1cc(C(=O)N(Cc2ccccc2)[C@H](C)CCc2ccccc2)n(C)n1. The smallest absolute Gasteiger partial charge is 0.272 e. The number of aromatic nitrogens is 2. The highest BCUT2D eigenvalue weighted by atomic mass is 16.2. The van der Waals surface area contributed by atoms with Crippen LogP contribution in [0.3, 0.4) is 0 Å². The van der Waals surface area contributed by atoms with Gasteiger partial charge < -0.3 is 4.90 Å². The Morgan fingerprint density at radius 3 is 2.19 bits per heavy atom. The van der Waals surface area contributed by atoms with Gasteiger partial charge in [0.05, 0.1) is 5.69 Å². The van der Waals surface area contributed by atoms with Crippen LogP contribution < -0.4 is 0 Å². The molecule has 0 unspecified atom stereocenters. The first-order valence-corrected chi connectivity index (χ1v) is 9.44. The summed E-state index contributed by atoms with van der Waals surface area (Å²) in [7, 11) is 1.83. The summed E-state index contributed by atoms with van der Waals surface area (Å²) in [4.78, 5) is 15.3. The maximum atomic E-state index is 13.3. The summed E-state index contributed by atoms with van der Waals surface area (Å²) in [6, 6.07) is 22.6. The van der Waals surface area contributed by atoms with Crippen molar-refractivity contribution in [3.05, 3.63) is 89.2 Å². The molecule has 0 fully saturated rings. The molecule has 0 bridgehead atoms. The largest absolute Gasteiger partial charge is 0.330 e.